The Kier molecular flexibility index (Phi) is 3.37. The maximum atomic E-state index is 14.0. The van der Waals surface area contributed by atoms with E-state index in [1.807, 2.05) is 30.3 Å². The van der Waals surface area contributed by atoms with Gasteiger partial charge in [-0.2, -0.15) is 0 Å². The number of aromatic nitrogens is 3. The molecule has 0 fully saturated rings. The number of nitrogens with zero attached hydrogens (tertiary/aromatic N) is 3. The number of halogens is 1. The van der Waals surface area contributed by atoms with Crippen molar-refractivity contribution in [3.8, 4) is 0 Å². The van der Waals surface area contributed by atoms with E-state index in [9.17, 15) is 4.39 Å². The SMILES string of the molecule is C[Si](C)(C)c1cc(F)cc2c1nnn2Cc1ccccc1. The number of hydrogen-bond acceptors (Lipinski definition) is 2. The lowest BCUT2D eigenvalue weighted by Gasteiger charge is -2.16. The predicted molar refractivity (Wildman–Crippen MR) is 86.0 cm³/mol. The molecule has 0 saturated carbocycles. The van der Waals surface area contributed by atoms with Gasteiger partial charge in [-0.25, -0.2) is 9.07 Å². The van der Waals surface area contributed by atoms with Gasteiger partial charge < -0.3 is 0 Å². The van der Waals surface area contributed by atoms with Crippen molar-refractivity contribution in [1.82, 2.24) is 15.0 Å². The van der Waals surface area contributed by atoms with Gasteiger partial charge in [0.2, 0.25) is 0 Å². The van der Waals surface area contributed by atoms with Gasteiger partial charge in [-0.15, -0.1) is 5.10 Å². The van der Waals surface area contributed by atoms with Crippen LogP contribution < -0.4 is 5.19 Å². The van der Waals surface area contributed by atoms with Gasteiger partial charge in [-0.05, 0) is 16.8 Å². The summed E-state index contributed by atoms with van der Waals surface area (Å²) in [6, 6.07) is 13.2. The first-order valence-electron chi connectivity index (χ1n) is 7.02. The summed E-state index contributed by atoms with van der Waals surface area (Å²) in [5, 5.41) is 9.56. The zero-order valence-corrected chi connectivity index (χ0v) is 13.5. The summed E-state index contributed by atoms with van der Waals surface area (Å²) in [6.45, 7) is 7.18. The van der Waals surface area contributed by atoms with Crippen LogP contribution in [0.25, 0.3) is 11.0 Å². The van der Waals surface area contributed by atoms with Crippen LogP contribution in [0, 0.1) is 5.82 Å². The summed E-state index contributed by atoms with van der Waals surface area (Å²) in [4.78, 5) is 0. The van der Waals surface area contributed by atoms with Crippen LogP contribution in [0.4, 0.5) is 4.39 Å². The normalized spacial score (nSPS) is 12.0. The molecule has 1 aromatic heterocycles. The van der Waals surface area contributed by atoms with E-state index in [1.54, 1.807) is 10.7 Å². The number of rotatable bonds is 3. The molecule has 0 unspecified atom stereocenters. The van der Waals surface area contributed by atoms with Gasteiger partial charge in [0.1, 0.15) is 11.3 Å². The summed E-state index contributed by atoms with van der Waals surface area (Å²) in [5.74, 6) is -0.212. The third kappa shape index (κ3) is 2.74. The summed E-state index contributed by atoms with van der Waals surface area (Å²) < 4.78 is 15.8. The van der Waals surface area contributed by atoms with Crippen LogP contribution in [-0.2, 0) is 6.54 Å². The Hall–Kier alpha value is -2.01. The lowest BCUT2D eigenvalue weighted by Crippen LogP contribution is -2.38. The molecule has 0 aliphatic rings. The second-order valence-corrected chi connectivity index (χ2v) is 11.3. The molecule has 2 aromatic carbocycles. The smallest absolute Gasteiger partial charge is 0.125 e. The minimum atomic E-state index is -1.66. The Bertz CT molecular complexity index is 775. The molecule has 1 heterocycles. The molecule has 5 heteroatoms. The molecule has 0 aliphatic carbocycles. The third-order valence-corrected chi connectivity index (χ3v) is 5.57. The van der Waals surface area contributed by atoms with Crippen LogP contribution in [-0.4, -0.2) is 23.1 Å². The minimum Gasteiger partial charge on any atom is -0.240 e. The van der Waals surface area contributed by atoms with Crippen molar-refractivity contribution < 1.29 is 4.39 Å². The minimum absolute atomic E-state index is 0.212. The summed E-state index contributed by atoms with van der Waals surface area (Å²) >= 11 is 0. The largest absolute Gasteiger partial charge is 0.240 e. The summed E-state index contributed by atoms with van der Waals surface area (Å²) in [7, 11) is -1.66. The van der Waals surface area contributed by atoms with Gasteiger partial charge in [0.05, 0.1) is 20.1 Å². The fourth-order valence-electron chi connectivity index (χ4n) is 2.48. The molecule has 0 amide bonds. The van der Waals surface area contributed by atoms with Crippen LogP contribution in [0.3, 0.4) is 0 Å². The molecule has 3 nitrogen and oxygen atoms in total. The Balaban J connectivity index is 2.12. The molecule has 0 radical (unpaired) electrons. The van der Waals surface area contributed by atoms with Gasteiger partial charge in [-0.3, -0.25) is 0 Å². The van der Waals surface area contributed by atoms with Crippen molar-refractivity contribution in [2.24, 2.45) is 0 Å². The van der Waals surface area contributed by atoms with E-state index in [4.69, 9.17) is 0 Å². The Labute approximate surface area is 124 Å². The topological polar surface area (TPSA) is 30.7 Å². The van der Waals surface area contributed by atoms with E-state index in [0.717, 1.165) is 21.8 Å². The molecule has 3 aromatic rings. The first kappa shape index (κ1) is 13.9. The van der Waals surface area contributed by atoms with Crippen molar-refractivity contribution in [2.45, 2.75) is 26.2 Å². The average molecular weight is 299 g/mol. The van der Waals surface area contributed by atoms with E-state index in [0.29, 0.717) is 6.54 Å². The first-order chi connectivity index (χ1) is 9.95. The Morgan fingerprint density at radius 2 is 1.81 bits per heavy atom. The van der Waals surface area contributed by atoms with Gasteiger partial charge in [0.25, 0.3) is 0 Å². The molecular weight excluding hydrogens is 281 g/mol. The van der Waals surface area contributed by atoms with Crippen molar-refractivity contribution >= 4 is 24.3 Å². The lowest BCUT2D eigenvalue weighted by molar-refractivity contribution is 0.626. The van der Waals surface area contributed by atoms with Gasteiger partial charge in [-0.1, -0.05) is 55.2 Å². The van der Waals surface area contributed by atoms with Crippen molar-refractivity contribution in [2.75, 3.05) is 0 Å². The van der Waals surface area contributed by atoms with E-state index < -0.39 is 8.07 Å². The van der Waals surface area contributed by atoms with Crippen molar-refractivity contribution in [1.29, 1.82) is 0 Å². The molecule has 108 valence electrons. The molecule has 0 N–H and O–H groups in total. The monoisotopic (exact) mass is 299 g/mol. The van der Waals surface area contributed by atoms with Crippen molar-refractivity contribution in [3.63, 3.8) is 0 Å². The van der Waals surface area contributed by atoms with Crippen molar-refractivity contribution in [3.05, 3.63) is 53.8 Å². The average Bonchev–Trinajstić information content (AvgIpc) is 2.81. The fourth-order valence-corrected chi connectivity index (χ4v) is 3.94. The highest BCUT2D eigenvalue weighted by molar-refractivity contribution is 6.90. The summed E-state index contributed by atoms with van der Waals surface area (Å²) in [5.41, 5.74) is 2.74. The van der Waals surface area contributed by atoms with E-state index >= 15 is 0 Å². The van der Waals surface area contributed by atoms with Gasteiger partial charge >= 0.3 is 0 Å². The highest BCUT2D eigenvalue weighted by Crippen LogP contribution is 2.17. The summed E-state index contributed by atoms with van der Waals surface area (Å²) in [6.07, 6.45) is 0. The van der Waals surface area contributed by atoms with Gasteiger partial charge in [0, 0.05) is 6.07 Å². The van der Waals surface area contributed by atoms with Crippen LogP contribution in [0.1, 0.15) is 5.56 Å². The third-order valence-electron chi connectivity index (χ3n) is 3.57. The molecule has 0 atom stereocenters. The molecular formula is C16H18FN3Si. The fraction of sp³-hybridized carbons (Fsp3) is 0.250. The molecule has 0 saturated heterocycles. The molecule has 0 aliphatic heterocycles. The van der Waals surface area contributed by atoms with Gasteiger partial charge in [0.15, 0.2) is 0 Å². The van der Waals surface area contributed by atoms with Crippen LogP contribution in [0.5, 0.6) is 0 Å². The zero-order valence-electron chi connectivity index (χ0n) is 12.5. The highest BCUT2D eigenvalue weighted by Gasteiger charge is 2.23. The van der Waals surface area contributed by atoms with E-state index in [2.05, 4.69) is 30.0 Å². The highest BCUT2D eigenvalue weighted by atomic mass is 28.3. The standard InChI is InChI=1S/C16H18FN3Si/c1-21(2,3)15-10-13(17)9-14-16(15)18-19-20(14)11-12-7-5-4-6-8-12/h4-10H,11H2,1-3H3. The number of fused-ring (bicyclic) bond motifs is 1. The first-order valence-corrected chi connectivity index (χ1v) is 10.5. The van der Waals surface area contributed by atoms with E-state index in [-0.39, 0.29) is 5.82 Å². The second kappa shape index (κ2) is 5.07. The molecule has 0 spiro atoms. The number of hydrogen-bond donors (Lipinski definition) is 0. The Morgan fingerprint density at radius 1 is 1.10 bits per heavy atom. The molecule has 21 heavy (non-hydrogen) atoms. The van der Waals surface area contributed by atoms with Crippen LogP contribution in [0.2, 0.25) is 19.6 Å². The lowest BCUT2D eigenvalue weighted by atomic mass is 10.2. The predicted octanol–water partition coefficient (Wildman–Crippen LogP) is 3.16. The maximum Gasteiger partial charge on any atom is 0.125 e. The van der Waals surface area contributed by atoms with Crippen LogP contribution >= 0.6 is 0 Å². The maximum absolute atomic E-state index is 14.0. The Morgan fingerprint density at radius 3 is 2.48 bits per heavy atom. The molecule has 3 rings (SSSR count). The number of benzene rings is 2. The van der Waals surface area contributed by atoms with E-state index in [1.165, 1.54) is 6.07 Å². The van der Waals surface area contributed by atoms with Crippen LogP contribution in [0.15, 0.2) is 42.5 Å². The second-order valence-electron chi connectivity index (χ2n) is 6.30. The molecule has 0 bridgehead atoms. The quantitative estimate of drug-likeness (QED) is 0.696. The zero-order chi connectivity index (χ0) is 15.0.